The Bertz CT molecular complexity index is 716. The van der Waals surface area contributed by atoms with Crippen LogP contribution in [-0.2, 0) is 20.0 Å². The predicted molar refractivity (Wildman–Crippen MR) is 98.2 cm³/mol. The molecule has 0 radical (unpaired) electrons. The number of hydrogen-bond acceptors (Lipinski definition) is 3. The van der Waals surface area contributed by atoms with Gasteiger partial charge in [-0.1, -0.05) is 6.07 Å². The zero-order valence-electron chi connectivity index (χ0n) is 15.5. The minimum atomic E-state index is 0.252. The number of hydrogen-bond donors (Lipinski definition) is 2. The summed E-state index contributed by atoms with van der Waals surface area (Å²) in [5, 5.41) is 11.3. The minimum absolute atomic E-state index is 0.252. The number of pyridine rings is 1. The first kappa shape index (κ1) is 18.0. The monoisotopic (exact) mass is 328 g/mol. The normalized spacial score (nSPS) is 13.0. The Labute approximate surface area is 144 Å². The van der Waals surface area contributed by atoms with Crippen LogP contribution in [0.2, 0.25) is 0 Å². The highest BCUT2D eigenvalue weighted by atomic mass is 15.3. The van der Waals surface area contributed by atoms with Gasteiger partial charge >= 0.3 is 0 Å². The number of aryl methyl sites for hydroxylation is 3. The average Bonchev–Trinajstić information content (AvgIpc) is 2.79. The van der Waals surface area contributed by atoms with Crippen molar-refractivity contribution >= 4 is 5.96 Å². The van der Waals surface area contributed by atoms with Crippen molar-refractivity contribution in [3.63, 3.8) is 0 Å². The molecule has 0 amide bonds. The van der Waals surface area contributed by atoms with Gasteiger partial charge in [-0.2, -0.15) is 5.10 Å². The third-order valence-corrected chi connectivity index (χ3v) is 4.32. The van der Waals surface area contributed by atoms with E-state index in [1.807, 2.05) is 24.0 Å². The maximum Gasteiger partial charge on any atom is 0.191 e. The van der Waals surface area contributed by atoms with E-state index in [9.17, 15) is 0 Å². The van der Waals surface area contributed by atoms with Crippen molar-refractivity contribution in [2.75, 3.05) is 7.05 Å². The number of guanidine groups is 1. The van der Waals surface area contributed by atoms with E-state index < -0.39 is 0 Å². The summed E-state index contributed by atoms with van der Waals surface area (Å²) in [7, 11) is 3.77. The molecule has 2 heterocycles. The van der Waals surface area contributed by atoms with E-state index in [0.717, 1.165) is 23.8 Å². The van der Waals surface area contributed by atoms with Gasteiger partial charge in [0.05, 0.1) is 17.9 Å². The number of aliphatic imine (C=N–C) groups is 1. The summed E-state index contributed by atoms with van der Waals surface area (Å²) in [5.74, 6) is 0.784. The third-order valence-electron chi connectivity index (χ3n) is 4.32. The van der Waals surface area contributed by atoms with Crippen molar-refractivity contribution in [2.45, 2.75) is 46.7 Å². The summed E-state index contributed by atoms with van der Waals surface area (Å²) < 4.78 is 1.94. The molecule has 130 valence electrons. The van der Waals surface area contributed by atoms with E-state index in [2.05, 4.69) is 59.5 Å². The second-order valence-corrected chi connectivity index (χ2v) is 6.22. The second-order valence-electron chi connectivity index (χ2n) is 6.22. The van der Waals surface area contributed by atoms with Gasteiger partial charge < -0.3 is 10.6 Å². The van der Waals surface area contributed by atoms with Crippen LogP contribution in [0.4, 0.5) is 0 Å². The predicted octanol–water partition coefficient (Wildman–Crippen LogP) is 2.04. The van der Waals surface area contributed by atoms with Gasteiger partial charge in [-0.15, -0.1) is 0 Å². The molecule has 2 aromatic heterocycles. The van der Waals surface area contributed by atoms with Gasteiger partial charge in [0.25, 0.3) is 0 Å². The molecule has 6 nitrogen and oxygen atoms in total. The lowest BCUT2D eigenvalue weighted by Gasteiger charge is -2.18. The molecule has 2 aromatic rings. The Hall–Kier alpha value is -2.37. The third kappa shape index (κ3) is 4.34. The van der Waals surface area contributed by atoms with Crippen LogP contribution in [0.25, 0.3) is 0 Å². The summed E-state index contributed by atoms with van der Waals surface area (Å²) in [5.41, 5.74) is 5.82. The first-order valence-electron chi connectivity index (χ1n) is 8.29. The summed E-state index contributed by atoms with van der Waals surface area (Å²) in [6, 6.07) is 4.27. The fourth-order valence-corrected chi connectivity index (χ4v) is 2.77. The smallest absolute Gasteiger partial charge is 0.191 e. The van der Waals surface area contributed by atoms with Crippen LogP contribution in [-0.4, -0.2) is 33.8 Å². The molecule has 2 rings (SSSR count). The van der Waals surface area contributed by atoms with Gasteiger partial charge in [0, 0.05) is 32.0 Å². The van der Waals surface area contributed by atoms with Crippen LogP contribution in [0.15, 0.2) is 23.3 Å². The molecule has 6 heteroatoms. The molecule has 0 aromatic carbocycles. The minimum Gasteiger partial charge on any atom is -0.354 e. The molecule has 0 saturated heterocycles. The van der Waals surface area contributed by atoms with Crippen molar-refractivity contribution in [3.8, 4) is 0 Å². The van der Waals surface area contributed by atoms with Gasteiger partial charge in [-0.3, -0.25) is 14.7 Å². The summed E-state index contributed by atoms with van der Waals surface area (Å²) in [6.07, 6.45) is 2.73. The summed E-state index contributed by atoms with van der Waals surface area (Å²) >= 11 is 0. The van der Waals surface area contributed by atoms with Crippen LogP contribution in [0, 0.1) is 20.8 Å². The van der Waals surface area contributed by atoms with Crippen LogP contribution in [0.1, 0.15) is 35.1 Å². The fraction of sp³-hybridized carbons (Fsp3) is 0.500. The largest absolute Gasteiger partial charge is 0.354 e. The molecule has 0 aliphatic heterocycles. The van der Waals surface area contributed by atoms with E-state index in [4.69, 9.17) is 0 Å². The molecule has 0 aliphatic carbocycles. The molecule has 2 N–H and O–H groups in total. The first-order chi connectivity index (χ1) is 11.4. The van der Waals surface area contributed by atoms with Gasteiger partial charge in [0.2, 0.25) is 0 Å². The highest BCUT2D eigenvalue weighted by Gasteiger charge is 2.14. The summed E-state index contributed by atoms with van der Waals surface area (Å²) in [4.78, 5) is 8.71. The van der Waals surface area contributed by atoms with E-state index in [0.29, 0.717) is 6.54 Å². The Kier molecular flexibility index (Phi) is 5.95. The molecule has 0 saturated carbocycles. The molecule has 1 atom stereocenters. The van der Waals surface area contributed by atoms with Crippen molar-refractivity contribution < 1.29 is 0 Å². The maximum absolute atomic E-state index is 4.48. The van der Waals surface area contributed by atoms with Crippen molar-refractivity contribution in [2.24, 2.45) is 12.0 Å². The fourth-order valence-electron chi connectivity index (χ4n) is 2.77. The molecule has 1 unspecified atom stereocenters. The standard InChI is InChI=1S/C18H28N6/c1-12-8-7-9-20-17(12)11-21-18(19-5)22-13(2)10-16-14(3)23-24(6)15(16)4/h7-9,13H,10-11H2,1-6H3,(H2,19,21,22). The van der Waals surface area contributed by atoms with Crippen LogP contribution in [0.3, 0.4) is 0 Å². The van der Waals surface area contributed by atoms with Gasteiger partial charge in [-0.25, -0.2) is 0 Å². The van der Waals surface area contributed by atoms with Crippen molar-refractivity contribution in [1.82, 2.24) is 25.4 Å². The lowest BCUT2D eigenvalue weighted by molar-refractivity contribution is 0.634. The molecule has 0 bridgehead atoms. The molecule has 0 spiro atoms. The lowest BCUT2D eigenvalue weighted by atomic mass is 10.1. The second kappa shape index (κ2) is 7.95. The van der Waals surface area contributed by atoms with Gasteiger partial charge in [0.1, 0.15) is 0 Å². The molecular weight excluding hydrogens is 300 g/mol. The van der Waals surface area contributed by atoms with Crippen LogP contribution in [0.5, 0.6) is 0 Å². The quantitative estimate of drug-likeness (QED) is 0.651. The molecular formula is C18H28N6. The Morgan fingerprint density at radius 2 is 2.08 bits per heavy atom. The molecule has 24 heavy (non-hydrogen) atoms. The number of aromatic nitrogens is 3. The number of nitrogens with zero attached hydrogens (tertiary/aromatic N) is 4. The number of rotatable bonds is 5. The summed E-state index contributed by atoms with van der Waals surface area (Å²) in [6.45, 7) is 9.05. The van der Waals surface area contributed by atoms with Crippen molar-refractivity contribution in [1.29, 1.82) is 0 Å². The molecule has 0 fully saturated rings. The average molecular weight is 328 g/mol. The Balaban J connectivity index is 1.94. The van der Waals surface area contributed by atoms with Gasteiger partial charge in [-0.05, 0) is 51.3 Å². The zero-order valence-corrected chi connectivity index (χ0v) is 15.5. The van der Waals surface area contributed by atoms with E-state index in [1.165, 1.54) is 16.8 Å². The highest BCUT2D eigenvalue weighted by molar-refractivity contribution is 5.79. The number of nitrogens with one attached hydrogen (secondary N) is 2. The van der Waals surface area contributed by atoms with E-state index in [1.54, 1.807) is 7.05 Å². The van der Waals surface area contributed by atoms with E-state index in [-0.39, 0.29) is 6.04 Å². The molecule has 0 aliphatic rings. The van der Waals surface area contributed by atoms with Crippen molar-refractivity contribution in [3.05, 3.63) is 46.5 Å². The van der Waals surface area contributed by atoms with Crippen LogP contribution < -0.4 is 10.6 Å². The van der Waals surface area contributed by atoms with Crippen LogP contribution >= 0.6 is 0 Å². The highest BCUT2D eigenvalue weighted by Crippen LogP contribution is 2.14. The topological polar surface area (TPSA) is 67.1 Å². The van der Waals surface area contributed by atoms with Gasteiger partial charge in [0.15, 0.2) is 5.96 Å². The lowest BCUT2D eigenvalue weighted by Crippen LogP contribution is -2.43. The van der Waals surface area contributed by atoms with E-state index >= 15 is 0 Å². The zero-order chi connectivity index (χ0) is 17.7. The SMILES string of the molecule is CN=C(NCc1ncccc1C)NC(C)Cc1c(C)nn(C)c1C. The Morgan fingerprint density at radius 3 is 2.67 bits per heavy atom. The maximum atomic E-state index is 4.48. The Morgan fingerprint density at radius 1 is 1.33 bits per heavy atom. The first-order valence-corrected chi connectivity index (χ1v) is 8.29.